The van der Waals surface area contributed by atoms with Gasteiger partial charge in [0, 0.05) is 26.4 Å². The molecule has 52 heavy (non-hydrogen) atoms. The number of nitrogens with two attached hydrogens (primary N) is 2. The SMILES string of the molecule is CC(=O)N[C@@H]1[C@@H](OC(C)CN(C(=O)CC[C@@H](NC(=O)[C@H](C)N)C(N)=O)[C@@H](CCCCNC(=O)OCc2ccccc2)C(=O)O)[C@H](O)[C@@H](CO)O[C@@H]1O. The van der Waals surface area contributed by atoms with E-state index in [1.165, 1.54) is 13.8 Å². The van der Waals surface area contributed by atoms with E-state index in [0.717, 1.165) is 17.4 Å². The van der Waals surface area contributed by atoms with Crippen LogP contribution in [0, 0.1) is 0 Å². The second-order valence-electron chi connectivity index (χ2n) is 12.6. The molecule has 1 aliphatic rings. The first-order valence-electron chi connectivity index (χ1n) is 16.9. The minimum absolute atomic E-state index is 0.0622. The van der Waals surface area contributed by atoms with Gasteiger partial charge in [-0.25, -0.2) is 9.59 Å². The zero-order valence-corrected chi connectivity index (χ0v) is 29.5. The van der Waals surface area contributed by atoms with Crippen LogP contribution in [0.25, 0.3) is 0 Å². The predicted molar refractivity (Wildman–Crippen MR) is 182 cm³/mol. The Bertz CT molecular complexity index is 1340. The number of amides is 5. The van der Waals surface area contributed by atoms with Gasteiger partial charge in [0.05, 0.1) is 18.8 Å². The van der Waals surface area contributed by atoms with Crippen molar-refractivity contribution in [3.05, 3.63) is 35.9 Å². The van der Waals surface area contributed by atoms with Crippen molar-refractivity contribution in [1.82, 2.24) is 20.9 Å². The molecule has 19 heteroatoms. The Hall–Kier alpha value is -4.40. The van der Waals surface area contributed by atoms with Crippen LogP contribution in [0.15, 0.2) is 30.3 Å². The molecule has 9 atom stereocenters. The number of carbonyl (C=O) groups is 6. The number of aliphatic hydroxyl groups is 3. The number of rotatable bonds is 21. The number of benzene rings is 1. The summed E-state index contributed by atoms with van der Waals surface area (Å²) in [6.07, 6.45) is -7.84. The molecule has 19 nitrogen and oxygen atoms in total. The maximum Gasteiger partial charge on any atom is 0.407 e. The number of nitrogens with one attached hydrogen (secondary N) is 3. The van der Waals surface area contributed by atoms with Crippen LogP contribution >= 0.6 is 0 Å². The lowest BCUT2D eigenvalue weighted by atomic mass is 9.96. The van der Waals surface area contributed by atoms with E-state index < -0.39 is 104 Å². The van der Waals surface area contributed by atoms with E-state index in [9.17, 15) is 49.2 Å². The van der Waals surface area contributed by atoms with Crippen molar-refractivity contribution in [2.24, 2.45) is 11.5 Å². The van der Waals surface area contributed by atoms with Crippen molar-refractivity contribution in [3.63, 3.8) is 0 Å². The third-order valence-corrected chi connectivity index (χ3v) is 8.17. The van der Waals surface area contributed by atoms with Crippen molar-refractivity contribution < 1.29 is 63.4 Å². The summed E-state index contributed by atoms with van der Waals surface area (Å²) in [5.74, 6) is -4.34. The smallest absolute Gasteiger partial charge is 0.407 e. The molecule has 1 heterocycles. The quantitative estimate of drug-likeness (QED) is 0.0605. The molecule has 0 saturated carbocycles. The van der Waals surface area contributed by atoms with Gasteiger partial charge in [0.1, 0.15) is 43.0 Å². The molecule has 2 rings (SSSR count). The van der Waals surface area contributed by atoms with E-state index in [1.54, 1.807) is 24.3 Å². The lowest BCUT2D eigenvalue weighted by molar-refractivity contribution is -0.268. The largest absolute Gasteiger partial charge is 0.480 e. The molecular formula is C33H52N6O13. The highest BCUT2D eigenvalue weighted by atomic mass is 16.6. The number of ether oxygens (including phenoxy) is 3. The van der Waals surface area contributed by atoms with Gasteiger partial charge in [0.15, 0.2) is 6.29 Å². The minimum atomic E-state index is -1.69. The summed E-state index contributed by atoms with van der Waals surface area (Å²) in [4.78, 5) is 75.4. The average molecular weight is 741 g/mol. The molecule has 1 aliphatic heterocycles. The second-order valence-corrected chi connectivity index (χ2v) is 12.6. The van der Waals surface area contributed by atoms with Crippen LogP contribution in [-0.4, -0.2) is 136 Å². The van der Waals surface area contributed by atoms with Gasteiger partial charge in [0.2, 0.25) is 23.6 Å². The van der Waals surface area contributed by atoms with Gasteiger partial charge >= 0.3 is 12.1 Å². The Balaban J connectivity index is 2.19. The van der Waals surface area contributed by atoms with Gasteiger partial charge in [-0.05, 0) is 45.1 Å². The molecule has 1 aromatic rings. The van der Waals surface area contributed by atoms with Gasteiger partial charge in [-0.1, -0.05) is 30.3 Å². The van der Waals surface area contributed by atoms with E-state index in [0.29, 0.717) is 6.42 Å². The summed E-state index contributed by atoms with van der Waals surface area (Å²) in [7, 11) is 0. The number of aliphatic carboxylic acids is 1. The Labute approximate surface area is 301 Å². The maximum atomic E-state index is 13.7. The van der Waals surface area contributed by atoms with Crippen LogP contribution in [0.4, 0.5) is 4.79 Å². The zero-order chi connectivity index (χ0) is 39.0. The lowest BCUT2D eigenvalue weighted by Gasteiger charge is -2.44. The van der Waals surface area contributed by atoms with Gasteiger partial charge in [-0.3, -0.25) is 19.2 Å². The van der Waals surface area contributed by atoms with Crippen LogP contribution in [0.1, 0.15) is 58.4 Å². The average Bonchev–Trinajstić information content (AvgIpc) is 3.09. The predicted octanol–water partition coefficient (Wildman–Crippen LogP) is -2.19. The standard InChI is InChI=1S/C33H52N6O13/c1-18(51-28-26(37-20(3)41)32(48)52-24(16-40)27(28)43)15-39(25(42)13-12-22(29(35)44)38-30(45)19(2)34)23(31(46)47)11-7-8-14-36-33(49)50-17-21-9-5-4-6-10-21/h4-6,9-10,18-19,22-24,26-28,32,40,43,48H,7-8,11-17,34H2,1-3H3,(H2,35,44)(H,36,49)(H,37,41)(H,38,45)(H,46,47)/t18?,19-,22+,23-,24+,26+,27+,28+,32-/m0/s1. The Morgan fingerprint density at radius 2 is 1.71 bits per heavy atom. The number of unbranched alkanes of at least 4 members (excludes halogenated alkanes) is 1. The summed E-state index contributed by atoms with van der Waals surface area (Å²) in [5.41, 5.74) is 11.8. The molecule has 1 fully saturated rings. The van der Waals surface area contributed by atoms with Crippen LogP contribution in [0.3, 0.4) is 0 Å². The van der Waals surface area contributed by atoms with E-state index in [1.807, 2.05) is 6.07 Å². The third kappa shape index (κ3) is 14.3. The Kier molecular flexibility index (Phi) is 18.4. The molecule has 0 aromatic heterocycles. The van der Waals surface area contributed by atoms with Gasteiger partial charge in [0.25, 0.3) is 0 Å². The number of hydrogen-bond acceptors (Lipinski definition) is 13. The minimum Gasteiger partial charge on any atom is -0.480 e. The van der Waals surface area contributed by atoms with Crippen molar-refractivity contribution in [2.45, 2.75) is 114 Å². The third-order valence-electron chi connectivity index (χ3n) is 8.17. The number of aliphatic hydroxyl groups excluding tert-OH is 3. The number of carboxylic acid groups (broad SMARTS) is 1. The number of carbonyl (C=O) groups excluding carboxylic acids is 5. The summed E-state index contributed by atoms with van der Waals surface area (Å²) in [6.45, 7) is 3.13. The van der Waals surface area contributed by atoms with E-state index in [4.69, 9.17) is 25.7 Å². The van der Waals surface area contributed by atoms with Gasteiger partial charge < -0.3 is 67.0 Å². The number of nitrogens with zero attached hydrogens (tertiary/aromatic N) is 1. The molecule has 0 radical (unpaired) electrons. The first kappa shape index (κ1) is 43.8. The summed E-state index contributed by atoms with van der Waals surface area (Å²) in [6, 6.07) is 4.04. The fraction of sp³-hybridized carbons (Fsp3) is 0.636. The molecule has 1 unspecified atom stereocenters. The zero-order valence-electron chi connectivity index (χ0n) is 29.5. The Morgan fingerprint density at radius 1 is 1.04 bits per heavy atom. The summed E-state index contributed by atoms with van der Waals surface area (Å²) < 4.78 is 16.4. The first-order valence-corrected chi connectivity index (χ1v) is 16.9. The summed E-state index contributed by atoms with van der Waals surface area (Å²) >= 11 is 0. The molecule has 0 aliphatic carbocycles. The second kappa shape index (κ2) is 21.8. The van der Waals surface area contributed by atoms with Gasteiger partial charge in [-0.2, -0.15) is 0 Å². The van der Waals surface area contributed by atoms with Crippen molar-refractivity contribution in [3.8, 4) is 0 Å². The van der Waals surface area contributed by atoms with Crippen molar-refractivity contribution in [2.75, 3.05) is 19.7 Å². The molecule has 1 aromatic carbocycles. The van der Waals surface area contributed by atoms with Crippen LogP contribution < -0.4 is 27.4 Å². The topological polar surface area (TPSA) is 302 Å². The van der Waals surface area contributed by atoms with Crippen LogP contribution in [0.2, 0.25) is 0 Å². The molecule has 11 N–H and O–H groups in total. The first-order chi connectivity index (χ1) is 24.5. The number of alkyl carbamates (subject to hydrolysis) is 1. The number of primary amides is 1. The fourth-order valence-electron chi connectivity index (χ4n) is 5.47. The van der Waals surface area contributed by atoms with Crippen LogP contribution in [-0.2, 0) is 44.8 Å². The molecule has 0 spiro atoms. The monoisotopic (exact) mass is 740 g/mol. The van der Waals surface area contributed by atoms with Gasteiger partial charge in [-0.15, -0.1) is 0 Å². The van der Waals surface area contributed by atoms with E-state index in [2.05, 4.69) is 16.0 Å². The van der Waals surface area contributed by atoms with Crippen molar-refractivity contribution in [1.29, 1.82) is 0 Å². The molecule has 0 bridgehead atoms. The van der Waals surface area contributed by atoms with E-state index in [-0.39, 0.29) is 39.0 Å². The highest BCUT2D eigenvalue weighted by molar-refractivity contribution is 5.89. The lowest BCUT2D eigenvalue weighted by Crippen LogP contribution is -2.65. The van der Waals surface area contributed by atoms with Crippen molar-refractivity contribution >= 4 is 35.7 Å². The number of hydrogen-bond donors (Lipinski definition) is 9. The van der Waals surface area contributed by atoms with Crippen LogP contribution in [0.5, 0.6) is 0 Å². The molecular weight excluding hydrogens is 688 g/mol. The Morgan fingerprint density at radius 3 is 2.29 bits per heavy atom. The highest BCUT2D eigenvalue weighted by Crippen LogP contribution is 2.25. The molecule has 5 amide bonds. The molecule has 292 valence electrons. The highest BCUT2D eigenvalue weighted by Gasteiger charge is 2.46. The maximum absolute atomic E-state index is 13.7. The molecule has 1 saturated heterocycles. The summed E-state index contributed by atoms with van der Waals surface area (Å²) in [5, 5.41) is 48.6. The van der Waals surface area contributed by atoms with E-state index >= 15 is 0 Å². The number of carboxylic acids is 1. The fourth-order valence-corrected chi connectivity index (χ4v) is 5.47. The normalized spacial score (nSPS) is 22.2.